The second-order valence-corrected chi connectivity index (χ2v) is 2.76. The van der Waals surface area contributed by atoms with Crippen molar-refractivity contribution in [2.45, 2.75) is 6.04 Å². The zero-order valence-electron chi connectivity index (χ0n) is 7.04. The van der Waals surface area contributed by atoms with Crippen molar-refractivity contribution in [2.24, 2.45) is 5.73 Å². The lowest BCUT2D eigenvalue weighted by molar-refractivity contribution is -0.138. The molecule has 0 aliphatic rings. The van der Waals surface area contributed by atoms with E-state index in [9.17, 15) is 4.79 Å². The summed E-state index contributed by atoms with van der Waals surface area (Å²) in [5, 5.41) is 8.66. The molecule has 6 heteroatoms. The minimum atomic E-state index is -1.10. The van der Waals surface area contributed by atoms with Crippen molar-refractivity contribution in [3.8, 4) is 0 Å². The van der Waals surface area contributed by atoms with E-state index in [-0.39, 0.29) is 0 Å². The van der Waals surface area contributed by atoms with E-state index in [1.54, 1.807) is 6.07 Å². The van der Waals surface area contributed by atoms with Gasteiger partial charge in [0.2, 0.25) is 5.71 Å². The number of aliphatic carboxylic acids is 1. The van der Waals surface area contributed by atoms with Gasteiger partial charge in [0.1, 0.15) is 11.6 Å². The molecule has 2 heterocycles. The number of nitrogens with zero attached hydrogens (tertiary/aromatic N) is 2. The zero-order chi connectivity index (χ0) is 10.1. The van der Waals surface area contributed by atoms with Gasteiger partial charge in [-0.2, -0.15) is 0 Å². The summed E-state index contributed by atoms with van der Waals surface area (Å²) < 4.78 is 4.90. The van der Waals surface area contributed by atoms with Crippen molar-refractivity contribution in [3.05, 3.63) is 24.2 Å². The average Bonchev–Trinajstić information content (AvgIpc) is 2.62. The van der Waals surface area contributed by atoms with Crippen LogP contribution >= 0.6 is 0 Å². The van der Waals surface area contributed by atoms with Gasteiger partial charge in [0.25, 0.3) is 0 Å². The summed E-state index contributed by atoms with van der Waals surface area (Å²) in [7, 11) is 0. The van der Waals surface area contributed by atoms with E-state index < -0.39 is 12.0 Å². The SMILES string of the molecule is NC(C(=O)O)c1cnc2ocnc2c1. The second kappa shape index (κ2) is 3.08. The van der Waals surface area contributed by atoms with E-state index >= 15 is 0 Å². The van der Waals surface area contributed by atoms with Crippen molar-refractivity contribution < 1.29 is 14.3 Å². The molecule has 0 spiro atoms. The molecule has 0 bridgehead atoms. The summed E-state index contributed by atoms with van der Waals surface area (Å²) in [4.78, 5) is 18.3. The number of carbonyl (C=O) groups is 1. The third kappa shape index (κ3) is 1.31. The smallest absolute Gasteiger partial charge is 0.325 e. The average molecular weight is 193 g/mol. The maximum atomic E-state index is 10.6. The van der Waals surface area contributed by atoms with Gasteiger partial charge in [-0.1, -0.05) is 0 Å². The molecule has 2 aromatic heterocycles. The molecule has 14 heavy (non-hydrogen) atoms. The number of fused-ring (bicyclic) bond motifs is 1. The van der Waals surface area contributed by atoms with Crippen LogP contribution in [0.25, 0.3) is 11.2 Å². The maximum Gasteiger partial charge on any atom is 0.325 e. The van der Waals surface area contributed by atoms with Crippen molar-refractivity contribution in [3.63, 3.8) is 0 Å². The van der Waals surface area contributed by atoms with Gasteiger partial charge in [0.15, 0.2) is 6.39 Å². The van der Waals surface area contributed by atoms with Gasteiger partial charge >= 0.3 is 5.97 Å². The number of hydrogen-bond acceptors (Lipinski definition) is 5. The normalized spacial score (nSPS) is 12.9. The molecule has 0 radical (unpaired) electrons. The number of carboxylic acid groups (broad SMARTS) is 1. The summed E-state index contributed by atoms with van der Waals surface area (Å²) >= 11 is 0. The molecule has 2 rings (SSSR count). The van der Waals surface area contributed by atoms with E-state index in [0.29, 0.717) is 16.8 Å². The van der Waals surface area contributed by atoms with Crippen LogP contribution in [-0.4, -0.2) is 21.0 Å². The molecule has 0 amide bonds. The molecule has 0 aromatic carbocycles. The molecule has 0 saturated heterocycles. The fourth-order valence-electron chi connectivity index (χ4n) is 1.09. The first-order valence-electron chi connectivity index (χ1n) is 3.86. The fraction of sp³-hybridized carbons (Fsp3) is 0.125. The van der Waals surface area contributed by atoms with E-state index in [1.165, 1.54) is 12.6 Å². The highest BCUT2D eigenvalue weighted by Crippen LogP contribution is 2.15. The lowest BCUT2D eigenvalue weighted by Gasteiger charge is -2.04. The molecule has 1 unspecified atom stereocenters. The molecule has 0 fully saturated rings. The molecule has 2 aromatic rings. The molecule has 72 valence electrons. The number of nitrogens with two attached hydrogens (primary N) is 1. The number of oxazole rings is 1. The van der Waals surface area contributed by atoms with Crippen LogP contribution in [0.5, 0.6) is 0 Å². The number of carboxylic acids is 1. The molecule has 3 N–H and O–H groups in total. The first-order chi connectivity index (χ1) is 6.68. The molecule has 1 atom stereocenters. The van der Waals surface area contributed by atoms with E-state index in [4.69, 9.17) is 15.3 Å². The summed E-state index contributed by atoms with van der Waals surface area (Å²) in [5.74, 6) is -1.10. The van der Waals surface area contributed by atoms with Gasteiger partial charge in [-0.3, -0.25) is 4.79 Å². The molecule has 0 aliphatic heterocycles. The Morgan fingerprint density at radius 2 is 2.36 bits per heavy atom. The molecular formula is C8H7N3O3. The van der Waals surface area contributed by atoms with Crippen LogP contribution < -0.4 is 5.73 Å². The summed E-state index contributed by atoms with van der Waals surface area (Å²) in [6.07, 6.45) is 2.61. The van der Waals surface area contributed by atoms with Crippen LogP contribution in [-0.2, 0) is 4.79 Å². The van der Waals surface area contributed by atoms with Crippen LogP contribution in [0.1, 0.15) is 11.6 Å². The Hall–Kier alpha value is -1.95. The lowest BCUT2D eigenvalue weighted by Crippen LogP contribution is -2.20. The largest absolute Gasteiger partial charge is 0.480 e. The number of rotatable bonds is 2. The van der Waals surface area contributed by atoms with Crippen LogP contribution in [0, 0.1) is 0 Å². The Morgan fingerprint density at radius 1 is 1.57 bits per heavy atom. The third-order valence-corrected chi connectivity index (χ3v) is 1.83. The predicted molar refractivity (Wildman–Crippen MR) is 46.4 cm³/mol. The summed E-state index contributed by atoms with van der Waals surface area (Å²) in [5.41, 5.74) is 6.67. The van der Waals surface area contributed by atoms with Crippen LogP contribution in [0.15, 0.2) is 23.1 Å². The van der Waals surface area contributed by atoms with Gasteiger partial charge in [0, 0.05) is 11.8 Å². The van der Waals surface area contributed by atoms with E-state index in [1.807, 2.05) is 0 Å². The van der Waals surface area contributed by atoms with E-state index in [0.717, 1.165) is 0 Å². The van der Waals surface area contributed by atoms with Crippen molar-refractivity contribution in [1.29, 1.82) is 0 Å². The highest BCUT2D eigenvalue weighted by atomic mass is 16.4. The second-order valence-electron chi connectivity index (χ2n) is 2.76. The zero-order valence-corrected chi connectivity index (χ0v) is 7.04. The quantitative estimate of drug-likeness (QED) is 0.711. The highest BCUT2D eigenvalue weighted by molar-refractivity contribution is 5.77. The summed E-state index contributed by atoms with van der Waals surface area (Å²) in [6, 6.07) is 0.466. The molecule has 0 aliphatic carbocycles. The maximum absolute atomic E-state index is 10.6. The first-order valence-corrected chi connectivity index (χ1v) is 3.86. The van der Waals surface area contributed by atoms with Gasteiger partial charge in [-0.05, 0) is 6.07 Å². The van der Waals surface area contributed by atoms with Crippen LogP contribution in [0.2, 0.25) is 0 Å². The first kappa shape index (κ1) is 8.64. The standard InChI is InChI=1S/C8H7N3O3/c9-6(8(12)13)4-1-5-7(10-2-4)14-3-11-5/h1-3,6H,9H2,(H,12,13). The Balaban J connectivity index is 2.48. The Bertz CT molecular complexity index is 479. The molecule has 6 nitrogen and oxygen atoms in total. The van der Waals surface area contributed by atoms with Crippen molar-refractivity contribution in [2.75, 3.05) is 0 Å². The Kier molecular flexibility index (Phi) is 1.90. The number of pyridine rings is 1. The molecular weight excluding hydrogens is 186 g/mol. The van der Waals surface area contributed by atoms with Crippen LogP contribution in [0.4, 0.5) is 0 Å². The highest BCUT2D eigenvalue weighted by Gasteiger charge is 2.15. The van der Waals surface area contributed by atoms with Crippen LogP contribution in [0.3, 0.4) is 0 Å². The van der Waals surface area contributed by atoms with E-state index in [2.05, 4.69) is 9.97 Å². The number of hydrogen-bond donors (Lipinski definition) is 2. The topological polar surface area (TPSA) is 102 Å². The fourth-order valence-corrected chi connectivity index (χ4v) is 1.09. The molecule has 0 saturated carbocycles. The predicted octanol–water partition coefficient (Wildman–Crippen LogP) is 0.307. The van der Waals surface area contributed by atoms with Crippen molar-refractivity contribution in [1.82, 2.24) is 9.97 Å². The summed E-state index contributed by atoms with van der Waals surface area (Å²) in [6.45, 7) is 0. The van der Waals surface area contributed by atoms with Gasteiger partial charge in [-0.15, -0.1) is 0 Å². The van der Waals surface area contributed by atoms with Gasteiger partial charge < -0.3 is 15.3 Å². The number of aromatic nitrogens is 2. The van der Waals surface area contributed by atoms with Crippen molar-refractivity contribution >= 4 is 17.2 Å². The van der Waals surface area contributed by atoms with Gasteiger partial charge in [0.05, 0.1) is 0 Å². The third-order valence-electron chi connectivity index (χ3n) is 1.83. The lowest BCUT2D eigenvalue weighted by atomic mass is 10.1. The monoisotopic (exact) mass is 193 g/mol. The minimum Gasteiger partial charge on any atom is -0.480 e. The Labute approximate surface area is 78.4 Å². The van der Waals surface area contributed by atoms with Gasteiger partial charge in [-0.25, -0.2) is 9.97 Å². The Morgan fingerprint density at radius 3 is 3.07 bits per heavy atom. The minimum absolute atomic E-state index is 0.367.